The van der Waals surface area contributed by atoms with Crippen LogP contribution in [0.2, 0.25) is 15.1 Å². The van der Waals surface area contributed by atoms with Crippen LogP contribution >= 0.6 is 82.6 Å². The van der Waals surface area contributed by atoms with Crippen molar-refractivity contribution in [2.24, 2.45) is 0 Å². The minimum absolute atomic E-state index is 0.200. The van der Waals surface area contributed by atoms with Gasteiger partial charge in [0.1, 0.15) is 55.2 Å². The first-order valence-corrected chi connectivity index (χ1v) is 48.4. The quantitative estimate of drug-likeness (QED) is 0.0765. The van der Waals surface area contributed by atoms with E-state index in [1.165, 1.54) is 0 Å². The number of anilines is 2. The summed E-state index contributed by atoms with van der Waals surface area (Å²) in [7, 11) is 0. The molecule has 0 saturated heterocycles. The lowest BCUT2D eigenvalue weighted by molar-refractivity contribution is 0.102. The number of rotatable bonds is 14. The van der Waals surface area contributed by atoms with Crippen molar-refractivity contribution in [2.75, 3.05) is 11.1 Å². The molecule has 25 heteroatoms. The Balaban J connectivity index is 0.000000107. The zero-order valence-electron chi connectivity index (χ0n) is 74.6. The molecule has 0 spiro atoms. The topological polar surface area (TPSA) is 222 Å². The summed E-state index contributed by atoms with van der Waals surface area (Å²) in [6, 6.07) is 145. The normalized spacial score (nSPS) is 11.1. The van der Waals surface area contributed by atoms with Gasteiger partial charge in [0, 0.05) is 112 Å². The molecule has 0 saturated carbocycles. The molecule has 0 aliphatic carbocycles. The molecule has 0 unspecified atom stereocenters. The van der Waals surface area contributed by atoms with Gasteiger partial charge in [-0.3, -0.25) is 4.79 Å². The number of aromatic nitrogens is 16. The van der Waals surface area contributed by atoms with Gasteiger partial charge in [-0.2, -0.15) is 24.0 Å². The van der Waals surface area contributed by atoms with Crippen molar-refractivity contribution in [3.8, 4) is 106 Å². The number of fused-ring (bicyclic) bond motifs is 9. The number of nitrogens with one attached hydrogen (secondary N) is 1. The van der Waals surface area contributed by atoms with Crippen LogP contribution in [0.4, 0.5) is 11.4 Å². The second kappa shape index (κ2) is 41.0. The lowest BCUT2D eigenvalue weighted by Gasteiger charge is -2.13. The Morgan fingerprint density at radius 3 is 0.943 bits per heavy atom. The number of hydrogen-bond donors (Lipinski definition) is 2. The third-order valence-electron chi connectivity index (χ3n) is 23.6. The van der Waals surface area contributed by atoms with Gasteiger partial charge in [0.05, 0.1) is 39.6 Å². The average Bonchev–Trinajstić information content (AvgIpc) is 1.68. The molecule has 141 heavy (non-hydrogen) atoms. The van der Waals surface area contributed by atoms with E-state index in [1.54, 1.807) is 48.2 Å². The Kier molecular flexibility index (Phi) is 26.4. The lowest BCUT2D eigenvalue weighted by Crippen LogP contribution is -2.12. The molecular formula is C116H76Br3Cl3N18O. The fourth-order valence-corrected chi connectivity index (χ4v) is 18.5. The number of nitrogen functional groups attached to an aromatic ring is 1. The molecule has 0 aliphatic heterocycles. The Morgan fingerprint density at radius 2 is 0.532 bits per heavy atom. The van der Waals surface area contributed by atoms with Crippen LogP contribution in [0.3, 0.4) is 0 Å². The molecule has 1 amide bonds. The number of nitrogens with zero attached hydrogens (tertiary/aromatic N) is 16. The smallest absolute Gasteiger partial charge is 0.255 e. The first-order valence-electron chi connectivity index (χ1n) is 44.9. The van der Waals surface area contributed by atoms with Gasteiger partial charge < -0.3 is 11.1 Å². The van der Waals surface area contributed by atoms with E-state index in [0.717, 1.165) is 191 Å². The van der Waals surface area contributed by atoms with E-state index >= 15 is 0 Å². The largest absolute Gasteiger partial charge is 0.398 e. The molecule has 3 N–H and O–H groups in total. The van der Waals surface area contributed by atoms with Crippen molar-refractivity contribution in [3.05, 3.63) is 477 Å². The van der Waals surface area contributed by atoms with Gasteiger partial charge >= 0.3 is 0 Å². The van der Waals surface area contributed by atoms with Crippen molar-refractivity contribution in [1.29, 1.82) is 0 Å². The second-order valence-electron chi connectivity index (χ2n) is 32.6. The second-order valence-corrected chi connectivity index (χ2v) is 36.5. The van der Waals surface area contributed by atoms with E-state index in [1.807, 2.05) is 340 Å². The number of carbonyl (C=O) groups is 1. The Labute approximate surface area is 848 Å². The van der Waals surface area contributed by atoms with E-state index in [4.69, 9.17) is 81.2 Å². The monoisotopic (exact) mass is 2080 g/mol. The van der Waals surface area contributed by atoms with Gasteiger partial charge in [-0.15, -0.1) is 51.0 Å². The van der Waals surface area contributed by atoms with Crippen molar-refractivity contribution in [1.82, 2.24) is 80.0 Å². The zero-order chi connectivity index (χ0) is 95.8. The molecule has 25 aromatic rings. The highest BCUT2D eigenvalue weighted by Crippen LogP contribution is 2.45. The van der Waals surface area contributed by atoms with Gasteiger partial charge in [-0.1, -0.05) is 326 Å². The van der Waals surface area contributed by atoms with E-state index in [0.29, 0.717) is 37.5 Å². The van der Waals surface area contributed by atoms with Gasteiger partial charge in [0.25, 0.3) is 5.91 Å². The number of halogens is 6. The summed E-state index contributed by atoms with van der Waals surface area (Å²) in [5, 5.41) is 55.6. The summed E-state index contributed by atoms with van der Waals surface area (Å²) in [5.41, 5.74) is 35.5. The third kappa shape index (κ3) is 19.4. The fourth-order valence-electron chi connectivity index (χ4n) is 16.8. The van der Waals surface area contributed by atoms with Crippen molar-refractivity contribution in [2.45, 2.75) is 0 Å². The number of carbonyl (C=O) groups excluding carboxylic acids is 1. The number of amides is 1. The molecule has 19 aromatic carbocycles. The minimum Gasteiger partial charge on any atom is -0.398 e. The zero-order valence-corrected chi connectivity index (χ0v) is 81.6. The maximum Gasteiger partial charge on any atom is 0.255 e. The van der Waals surface area contributed by atoms with E-state index < -0.39 is 0 Å². The third-order valence-corrected chi connectivity index (χ3v) is 26.2. The first-order chi connectivity index (χ1) is 69.2. The molecule has 0 atom stereocenters. The highest BCUT2D eigenvalue weighted by molar-refractivity contribution is 9.11. The van der Waals surface area contributed by atoms with Crippen LogP contribution in [-0.4, -0.2) is 85.9 Å². The molecular weight excluding hydrogens is 2010 g/mol. The molecule has 19 nitrogen and oxygen atoms in total. The number of hydrogen-bond acceptors (Lipinski definition) is 13. The molecule has 0 aliphatic rings. The molecule has 6 aromatic heterocycles. The Morgan fingerprint density at radius 1 is 0.248 bits per heavy atom. The van der Waals surface area contributed by atoms with Gasteiger partial charge in [0.15, 0.2) is 0 Å². The highest BCUT2D eigenvalue weighted by atomic mass is 79.9. The number of benzene rings is 19. The molecule has 25 rings (SSSR count). The van der Waals surface area contributed by atoms with E-state index in [2.05, 4.69) is 147 Å². The van der Waals surface area contributed by atoms with Crippen LogP contribution in [0.1, 0.15) is 10.4 Å². The number of pyridine rings is 1. The summed E-state index contributed by atoms with van der Waals surface area (Å²) < 4.78 is 2.83. The highest BCUT2D eigenvalue weighted by Gasteiger charge is 2.26. The van der Waals surface area contributed by atoms with Crippen LogP contribution in [0.5, 0.6) is 0 Å². The van der Waals surface area contributed by atoms with Crippen LogP contribution in [0, 0.1) is 0 Å². The summed E-state index contributed by atoms with van der Waals surface area (Å²) in [6.07, 6.45) is 0. The summed E-state index contributed by atoms with van der Waals surface area (Å²) >= 11 is 29.7. The fraction of sp³-hybridized carbons (Fsp3) is 0. The van der Waals surface area contributed by atoms with Crippen LogP contribution in [-0.2, 0) is 0 Å². The standard InChI is InChI=1S/C31H21ClN4O.C31H19ClN4.C24H17ClN4.C18H12BrN3.C12H7Br2N3/c32-23-16-19-28(33-31(37)22-12-6-2-7-13-22)27(20-23)26-18-17-25(21-10-4-1-5-11-21)29-30(26)35-36(34-29)24-14-8-3-9-15-24;32-22-16-17-27-25(18-22)28-26(29(33-27)21-12-6-2-7-13-21)19-24(20-10-4-1-5-11-20)30-31(28)35-36(34-30)23-14-8-3-9-15-23;25-17-11-14-22(26)21(15-17)20-13-12-19(16-7-3-1-4-8-16)23-24(20)28-29(27-23)18-9-5-2-6-10-18;19-16-12-11-15(13-7-3-1-4-8-13)17-18(16)21-22(20-17)14-9-5-2-6-10-14;13-9-6-7-10(14)12-11(9)15-17(16-12)8-4-2-1-3-5-8/h1-20H,(H,33,37);1-19H;1-15H,26H2;1-12H;1-7H. The maximum absolute atomic E-state index is 13.0. The Bertz CT molecular complexity index is 8810. The minimum atomic E-state index is -0.200. The molecule has 0 fully saturated rings. The molecule has 678 valence electrons. The van der Waals surface area contributed by atoms with E-state index in [-0.39, 0.29) is 5.91 Å². The van der Waals surface area contributed by atoms with E-state index in [9.17, 15) is 4.79 Å². The predicted molar refractivity (Wildman–Crippen MR) is 582 cm³/mol. The predicted octanol–water partition coefficient (Wildman–Crippen LogP) is 30.6. The number of para-hydroxylation sites is 5. The van der Waals surface area contributed by atoms with Crippen LogP contribution < -0.4 is 11.1 Å². The van der Waals surface area contributed by atoms with Crippen molar-refractivity contribution < 1.29 is 4.79 Å². The Hall–Kier alpha value is -16.6. The van der Waals surface area contributed by atoms with Crippen LogP contribution in [0.25, 0.3) is 183 Å². The van der Waals surface area contributed by atoms with Gasteiger partial charge in [0.2, 0.25) is 0 Å². The average molecular weight is 2080 g/mol. The SMILES string of the molecule is Brc1ccc(-c2ccccc2)c2nn(-c3ccccc3)nc12.Brc1ccc(Br)c2nn(-c3ccccc3)nc12.Clc1ccc2nc(-c3ccccc3)c3cc(-c4ccccc4)c4nn(-c5ccccc5)nc4c3c2c1.Nc1ccc(Cl)cc1-c1ccc(-c2ccccc2)c2nn(-c3ccccc3)nc12.O=C(Nc1ccc(Cl)cc1-c1ccc(-c2ccccc2)c2nn(-c3ccccc3)nc12)c1ccccc1. The first kappa shape index (κ1) is 90.9. The van der Waals surface area contributed by atoms with Gasteiger partial charge in [-0.25, -0.2) is 4.98 Å². The van der Waals surface area contributed by atoms with Crippen molar-refractivity contribution >= 4 is 177 Å². The maximum atomic E-state index is 13.0. The molecule has 0 bridgehead atoms. The van der Waals surface area contributed by atoms with Crippen molar-refractivity contribution in [3.63, 3.8) is 0 Å². The number of nitrogens with two attached hydrogens (primary N) is 1. The molecule has 6 heterocycles. The molecule has 0 radical (unpaired) electrons. The summed E-state index contributed by atoms with van der Waals surface area (Å²) in [4.78, 5) is 26.5. The van der Waals surface area contributed by atoms with Crippen LogP contribution in [0.15, 0.2) is 456 Å². The van der Waals surface area contributed by atoms with Gasteiger partial charge in [-0.05, 0) is 222 Å². The lowest BCUT2D eigenvalue weighted by atomic mass is 9.94. The summed E-state index contributed by atoms with van der Waals surface area (Å²) in [6.45, 7) is 0. The summed E-state index contributed by atoms with van der Waals surface area (Å²) in [5.74, 6) is -0.200.